The van der Waals surface area contributed by atoms with Gasteiger partial charge in [-0.1, -0.05) is 37.8 Å². The van der Waals surface area contributed by atoms with E-state index in [1.807, 2.05) is 18.2 Å². The van der Waals surface area contributed by atoms with Crippen LogP contribution in [0.15, 0.2) is 36.7 Å². The summed E-state index contributed by atoms with van der Waals surface area (Å²) in [6, 6.07) is 11.9. The summed E-state index contributed by atoms with van der Waals surface area (Å²) in [7, 11) is 0. The monoisotopic (exact) mass is 634 g/mol. The molecule has 1 N–H and O–H groups in total. The van der Waals surface area contributed by atoms with E-state index in [-0.39, 0.29) is 65.1 Å². The van der Waals surface area contributed by atoms with Crippen molar-refractivity contribution in [2.75, 3.05) is 13.2 Å². The first-order valence-electron chi connectivity index (χ1n) is 13.7. The molecule has 5 rings (SSSR count). The minimum atomic E-state index is -0.919. The maximum absolute atomic E-state index is 11.1. The molecule has 0 bridgehead atoms. The zero-order valence-electron chi connectivity index (χ0n) is 25.0. The van der Waals surface area contributed by atoms with Gasteiger partial charge in [-0.3, -0.25) is 14.8 Å². The molecule has 2 saturated carbocycles. The first-order valence-corrected chi connectivity index (χ1v) is 13.7. The van der Waals surface area contributed by atoms with Gasteiger partial charge < -0.3 is 34.3 Å². The Kier molecular flexibility index (Phi) is 18.4. The number of carbonyl (C=O) groups excluding carboxylic acids is 1. The molecule has 2 aliphatic carbocycles. The summed E-state index contributed by atoms with van der Waals surface area (Å²) in [6.07, 6.45) is 12.8. The molecule has 1 saturated heterocycles. The quantitative estimate of drug-likeness (QED) is 0.269. The Morgan fingerprint density at radius 3 is 1.68 bits per heavy atom. The van der Waals surface area contributed by atoms with E-state index in [1.54, 1.807) is 32.3 Å². The molecule has 41 heavy (non-hydrogen) atoms. The van der Waals surface area contributed by atoms with E-state index in [1.165, 1.54) is 45.4 Å². The van der Waals surface area contributed by atoms with Crippen LogP contribution in [0.4, 0.5) is 0 Å². The molecule has 2 atom stereocenters. The van der Waals surface area contributed by atoms with Gasteiger partial charge in [-0.15, -0.1) is 0 Å². The molecule has 0 spiro atoms. The minimum absolute atomic E-state index is 0. The van der Waals surface area contributed by atoms with Crippen LogP contribution in [0.5, 0.6) is 0 Å². The average molecular weight is 636 g/mol. The molecule has 218 valence electrons. The van der Waals surface area contributed by atoms with Gasteiger partial charge in [-0.25, -0.2) is 0 Å². The second-order valence-corrected chi connectivity index (χ2v) is 11.1. The van der Waals surface area contributed by atoms with Crippen molar-refractivity contribution < 1.29 is 31.6 Å². The third-order valence-corrected chi connectivity index (χ3v) is 7.04. The van der Waals surface area contributed by atoms with Crippen molar-refractivity contribution in [3.05, 3.63) is 66.6 Å². The summed E-state index contributed by atoms with van der Waals surface area (Å²) in [5, 5.41) is 28.1. The molecule has 2 aromatic rings. The molecule has 3 heterocycles. The van der Waals surface area contributed by atoms with E-state index in [2.05, 4.69) is 22.1 Å². The standard InChI is InChI=1S/C14H18N2O.C13H14N2O.C4H8O.CH3.BrH.Mg/c1-14(2,17)13-6-5-11(9-16-13)12(8-15)7-10-3-4-10;1-9(16)13-5-4-11(8-15-13)12(7-14)6-10-2-3-10;1-2-4-5-3-1;;;/h5-6,9-10,12,17H,3-4,7H2,1-2H3;4-5,8,10,12H,2-3,6H2,1H3;1-4H2;1H3;1H;/q;;;-1;;+2/p-1. The summed E-state index contributed by atoms with van der Waals surface area (Å²) in [5.41, 5.74) is 2.08. The fraction of sp³-hybridized carbons (Fsp3) is 0.562. The molecule has 2 unspecified atom stereocenters. The van der Waals surface area contributed by atoms with Crippen molar-refractivity contribution in [2.24, 2.45) is 11.8 Å². The summed E-state index contributed by atoms with van der Waals surface area (Å²) in [4.78, 5) is 19.4. The molecule has 3 aliphatic rings. The number of Topliss-reactive ketones (excluding diaryl/α,β-unsaturated/α-hetero) is 1. The van der Waals surface area contributed by atoms with Crippen LogP contribution in [0.25, 0.3) is 0 Å². The van der Waals surface area contributed by atoms with E-state index in [0.29, 0.717) is 11.4 Å². The number of aliphatic hydroxyl groups is 1. The number of nitrogens with zero attached hydrogens (tertiary/aromatic N) is 4. The Balaban J connectivity index is 0.000000628. The van der Waals surface area contributed by atoms with Gasteiger partial charge in [0, 0.05) is 32.5 Å². The molecule has 0 amide bonds. The average Bonchev–Trinajstić information content (AvgIpc) is 3.85. The van der Waals surface area contributed by atoms with Gasteiger partial charge in [-0.05, 0) is 74.6 Å². The second kappa shape index (κ2) is 19.3. The van der Waals surface area contributed by atoms with Crippen molar-refractivity contribution in [3.63, 3.8) is 0 Å². The molecule has 2 aromatic heterocycles. The largest absolute Gasteiger partial charge is 2.00 e. The van der Waals surface area contributed by atoms with Gasteiger partial charge >= 0.3 is 23.1 Å². The molecule has 1 aliphatic heterocycles. The van der Waals surface area contributed by atoms with Crippen LogP contribution in [0.2, 0.25) is 0 Å². The van der Waals surface area contributed by atoms with Crippen LogP contribution in [0, 0.1) is 41.9 Å². The van der Waals surface area contributed by atoms with Crippen molar-refractivity contribution in [3.8, 4) is 12.1 Å². The predicted molar refractivity (Wildman–Crippen MR) is 157 cm³/mol. The van der Waals surface area contributed by atoms with Gasteiger partial charge in [0.2, 0.25) is 0 Å². The van der Waals surface area contributed by atoms with E-state index < -0.39 is 5.60 Å². The number of ketones is 1. The van der Waals surface area contributed by atoms with E-state index in [4.69, 9.17) is 15.3 Å². The number of hydrogen-bond acceptors (Lipinski definition) is 7. The SMILES string of the molecule is C1CCOC1.CC(=O)c1ccc(C(C#N)CC2CC2)cn1.CC(C)(O)c1ccc(C(C#N)CC2CC2)cn1.[Br-].[CH3-].[Mg+2]. The van der Waals surface area contributed by atoms with Gasteiger partial charge in [0.1, 0.15) is 11.3 Å². The van der Waals surface area contributed by atoms with E-state index >= 15 is 0 Å². The normalized spacial score (nSPS) is 16.6. The molecule has 3 fully saturated rings. The summed E-state index contributed by atoms with van der Waals surface area (Å²) in [5.74, 6) is 1.29. The third-order valence-electron chi connectivity index (χ3n) is 7.04. The summed E-state index contributed by atoms with van der Waals surface area (Å²) in [6.45, 7) is 6.91. The van der Waals surface area contributed by atoms with Gasteiger partial charge in [0.05, 0.1) is 29.7 Å². The topological polar surface area (TPSA) is 120 Å². The fourth-order valence-electron chi connectivity index (χ4n) is 4.20. The number of pyridine rings is 2. The molecule has 0 aromatic carbocycles. The number of ether oxygens (including phenoxy) is 1. The smallest absolute Gasteiger partial charge is 1.00 e. The number of hydrogen-bond donors (Lipinski definition) is 1. The number of carbonyl (C=O) groups is 1. The Bertz CT molecular complexity index is 1100. The van der Waals surface area contributed by atoms with Crippen LogP contribution in [0.3, 0.4) is 0 Å². The zero-order chi connectivity index (χ0) is 27.5. The number of halogens is 1. The molecular weight excluding hydrogens is 593 g/mol. The number of rotatable bonds is 8. The van der Waals surface area contributed by atoms with E-state index in [0.717, 1.165) is 49.0 Å². The Labute approximate surface area is 273 Å². The Morgan fingerprint density at radius 2 is 1.41 bits per heavy atom. The maximum Gasteiger partial charge on any atom is 2.00 e. The Hall–Kier alpha value is -1.88. The van der Waals surface area contributed by atoms with Crippen molar-refractivity contribution in [2.45, 2.75) is 89.6 Å². The zero-order valence-corrected chi connectivity index (χ0v) is 28.0. The fourth-order valence-corrected chi connectivity index (χ4v) is 4.20. The minimum Gasteiger partial charge on any atom is -1.00 e. The Morgan fingerprint density at radius 1 is 0.951 bits per heavy atom. The van der Waals surface area contributed by atoms with E-state index in [9.17, 15) is 9.90 Å². The maximum atomic E-state index is 11.1. The molecule has 9 heteroatoms. The van der Waals surface area contributed by atoms with Crippen LogP contribution in [-0.4, -0.2) is 57.1 Å². The first-order chi connectivity index (χ1) is 18.2. The predicted octanol–water partition coefficient (Wildman–Crippen LogP) is 3.28. The van der Waals surface area contributed by atoms with Crippen molar-refractivity contribution in [1.82, 2.24) is 9.97 Å². The van der Waals surface area contributed by atoms with Crippen molar-refractivity contribution >= 4 is 28.8 Å². The number of nitriles is 2. The first kappa shape index (κ1) is 39.1. The second-order valence-electron chi connectivity index (χ2n) is 11.1. The summed E-state index contributed by atoms with van der Waals surface area (Å²) >= 11 is 0. The summed E-state index contributed by atoms with van der Waals surface area (Å²) < 4.78 is 4.94. The third kappa shape index (κ3) is 14.2. The van der Waals surface area contributed by atoms with Gasteiger partial charge in [0.15, 0.2) is 5.78 Å². The molecule has 0 radical (unpaired) electrons. The molecular formula is C32H43BrMgN4O3. The van der Waals surface area contributed by atoms with Gasteiger partial charge in [-0.2, -0.15) is 10.5 Å². The molecule has 7 nitrogen and oxygen atoms in total. The van der Waals surface area contributed by atoms with Crippen LogP contribution >= 0.6 is 0 Å². The van der Waals surface area contributed by atoms with Crippen LogP contribution in [-0.2, 0) is 10.3 Å². The van der Waals surface area contributed by atoms with Crippen molar-refractivity contribution in [1.29, 1.82) is 10.5 Å². The van der Waals surface area contributed by atoms with Crippen LogP contribution < -0.4 is 17.0 Å². The van der Waals surface area contributed by atoms with Gasteiger partial charge in [0.25, 0.3) is 0 Å². The number of aromatic nitrogens is 2. The van der Waals surface area contributed by atoms with Crippen LogP contribution in [0.1, 0.15) is 111 Å².